The van der Waals surface area contributed by atoms with Gasteiger partial charge in [-0.15, -0.1) is 0 Å². The molecule has 0 fully saturated rings. The maximum Gasteiger partial charge on any atom is 0 e. The van der Waals surface area contributed by atoms with Crippen molar-refractivity contribution in [1.29, 1.82) is 0 Å². The summed E-state index contributed by atoms with van der Waals surface area (Å²) in [5.74, 6) is 1.86. The van der Waals surface area contributed by atoms with Crippen LogP contribution >= 0.6 is 0 Å². The fraction of sp³-hybridized carbons (Fsp3) is 0.208. The predicted molar refractivity (Wildman–Crippen MR) is 244 cm³/mol. The number of fused-ring (bicyclic) bond motifs is 4. The van der Waals surface area contributed by atoms with Crippen LogP contribution in [-0.4, -0.2) is 35.9 Å². The van der Waals surface area contributed by atoms with Crippen molar-refractivity contribution in [2.45, 2.75) is 67.7 Å². The molecule has 0 saturated carbocycles. The topological polar surface area (TPSA) is 35.9 Å². The number of pyridine rings is 1. The predicted octanol–water partition coefficient (Wildman–Crippen LogP) is 9.80. The first-order valence-electron chi connectivity index (χ1n) is 21.6. The van der Waals surface area contributed by atoms with Gasteiger partial charge in [-0.3, -0.25) is 0 Å². The van der Waals surface area contributed by atoms with E-state index in [2.05, 4.69) is 164 Å². The van der Waals surface area contributed by atoms with Crippen molar-refractivity contribution in [1.82, 2.24) is 14.1 Å². The van der Waals surface area contributed by atoms with Crippen LogP contribution in [0.25, 0.3) is 44.3 Å². The minimum absolute atomic E-state index is 0. The molecule has 0 N–H and O–H groups in total. The van der Waals surface area contributed by atoms with Gasteiger partial charge < -0.3 is 0 Å². The van der Waals surface area contributed by atoms with Crippen molar-refractivity contribution in [2.75, 3.05) is 0 Å². The van der Waals surface area contributed by atoms with E-state index in [1.807, 2.05) is 41.1 Å². The van der Waals surface area contributed by atoms with Crippen molar-refractivity contribution in [3.8, 4) is 23.0 Å². The van der Waals surface area contributed by atoms with Gasteiger partial charge in [0, 0.05) is 21.1 Å². The Bertz CT molecular complexity index is 3130. The van der Waals surface area contributed by atoms with Gasteiger partial charge in [0.1, 0.15) is 0 Å². The summed E-state index contributed by atoms with van der Waals surface area (Å²) in [5, 5.41) is 2.15. The van der Waals surface area contributed by atoms with E-state index in [0.29, 0.717) is 28.2 Å². The van der Waals surface area contributed by atoms with Crippen molar-refractivity contribution < 1.29 is 34.5 Å². The van der Waals surface area contributed by atoms with Crippen LogP contribution in [0.4, 0.5) is 0 Å². The van der Waals surface area contributed by atoms with E-state index in [9.17, 15) is 0 Å². The zero-order chi connectivity index (χ0) is 43.8. The van der Waals surface area contributed by atoms with E-state index < -0.39 is 28.7 Å². The molecule has 3 aromatic heterocycles. The summed E-state index contributed by atoms with van der Waals surface area (Å²) in [6, 6.07) is 45.1. The molecule has 6 aromatic carbocycles. The largest absolute Gasteiger partial charge is 0 e. The third-order valence-electron chi connectivity index (χ3n) is 11.2. The van der Waals surface area contributed by atoms with Crippen LogP contribution in [0.1, 0.15) is 63.8 Å². The molecule has 7 heteroatoms. The van der Waals surface area contributed by atoms with Crippen molar-refractivity contribution in [2.24, 2.45) is 6.98 Å². The maximum atomic E-state index is 8.43. The second kappa shape index (κ2) is 16.2. The molecule has 60 heavy (non-hydrogen) atoms. The zero-order valence-corrected chi connectivity index (χ0v) is 41.2. The molecule has 0 spiro atoms. The molecule has 0 aliphatic heterocycles. The fourth-order valence-corrected chi connectivity index (χ4v) is 20.1. The third-order valence-corrected chi connectivity index (χ3v) is 23.2. The summed E-state index contributed by atoms with van der Waals surface area (Å²) in [7, 11) is 0. The molecule has 0 aliphatic carbocycles. The van der Waals surface area contributed by atoms with E-state index in [1.165, 1.54) is 53.3 Å². The van der Waals surface area contributed by atoms with Crippen molar-refractivity contribution in [3.05, 3.63) is 173 Å². The third kappa shape index (κ3) is 7.56. The Morgan fingerprint density at radius 2 is 1.32 bits per heavy atom. The number of aromatic nitrogens is 4. The summed E-state index contributed by atoms with van der Waals surface area (Å²) in [6.07, 6.45) is 5.09. The summed E-state index contributed by atoms with van der Waals surface area (Å²) in [4.78, 5) is 4.88. The first-order chi connectivity index (χ1) is 29.5. The second-order valence-corrected chi connectivity index (χ2v) is 25.0. The van der Waals surface area contributed by atoms with Gasteiger partial charge in [-0.25, -0.2) is 0 Å². The Morgan fingerprint density at radius 3 is 1.97 bits per heavy atom. The van der Waals surface area contributed by atoms with Gasteiger partial charge in [0.2, 0.25) is 0 Å². The number of ether oxygens (including phenoxy) is 1. The minimum atomic E-state index is -3.25. The van der Waals surface area contributed by atoms with Gasteiger partial charge in [0.25, 0.3) is 0 Å². The van der Waals surface area contributed by atoms with Crippen LogP contribution in [-0.2, 0) is 33.5 Å². The van der Waals surface area contributed by atoms with E-state index in [-0.39, 0.29) is 26.5 Å². The maximum absolute atomic E-state index is 8.43. The Morgan fingerprint density at radius 1 is 0.683 bits per heavy atom. The number of aryl methyl sites for hydroxylation is 7. The smallest absolute Gasteiger partial charge is 0 e. The number of hydrogen-bond donors (Lipinski definition) is 0. The number of benzene rings is 6. The molecule has 9 aromatic rings. The summed E-state index contributed by atoms with van der Waals surface area (Å²) in [5.41, 5.74) is 12.5. The van der Waals surface area contributed by atoms with E-state index >= 15 is 0 Å². The van der Waals surface area contributed by atoms with Gasteiger partial charge in [0.15, 0.2) is 0 Å². The molecule has 0 atom stereocenters. The molecule has 0 unspecified atom stereocenters. The molecule has 9 rings (SSSR count). The molecule has 0 bridgehead atoms. The molecule has 0 saturated heterocycles. The van der Waals surface area contributed by atoms with Crippen molar-refractivity contribution in [3.63, 3.8) is 0 Å². The quantitative estimate of drug-likeness (QED) is 0.0907. The van der Waals surface area contributed by atoms with Gasteiger partial charge in [-0.05, 0) is 0 Å². The molecule has 3 heterocycles. The SMILES string of the molecule is [2H]C([2H])([2H])[n+]1[c-]n(-c2[c-]c(Oc3[c-]c4c(cc3)c3ccccc3n4-c3cc(C(C)(C)C)ccn3)c[c]([Bi]([c]3c(C)cc(C)cc3C)[c]3c(C)cc(C)cc3C)c2)c2ccccc21.[Pt]. The molecule has 304 valence electrons. The Labute approximate surface area is 380 Å². The normalized spacial score (nSPS) is 12.8. The standard InChI is InChI=1S/C35H27N4O.2C9H11.Bi.Pt/c1-35(2,3)24-18-19-36-34(20-24)39-30-13-6-5-12-28(30)29-17-16-27(22-33(29)39)40-26-11-9-10-25(21-26)38-23-37(4)31-14-7-8-15-32(31)38;2*1-7-4-8(2)6-9(3)5-7;;/h5-8,10-20H,1-4H3;2*4-5H,1-3H3;;/q-2;;;;/i4D3;;;;. The second-order valence-electron chi connectivity index (χ2n) is 16.9. The molecular formula is C53H49BiN4OPt-2. The Kier molecular flexibility index (Phi) is 10.3. The fourth-order valence-electron chi connectivity index (χ4n) is 8.77. The number of nitrogens with zero attached hydrogens (tertiary/aromatic N) is 4. The van der Waals surface area contributed by atoms with E-state index in [4.69, 9.17) is 13.8 Å². The molecule has 5 nitrogen and oxygen atoms in total. The molecular weight excluding hydrogens is 1110 g/mol. The first-order valence-corrected chi connectivity index (χ1v) is 25.3. The number of imidazole rings is 1. The van der Waals surface area contributed by atoms with Gasteiger partial charge in [-0.2, -0.15) is 0 Å². The number of hydrogen-bond acceptors (Lipinski definition) is 2. The molecule has 0 amide bonds. The molecule has 0 radical (unpaired) electrons. The molecule has 0 aliphatic rings. The average molecular weight is 1170 g/mol. The van der Waals surface area contributed by atoms with Crippen LogP contribution in [0.3, 0.4) is 0 Å². The summed E-state index contributed by atoms with van der Waals surface area (Å²) in [6.45, 7) is 17.5. The number of rotatable bonds is 7. The number of para-hydroxylation sites is 3. The zero-order valence-electron chi connectivity index (χ0n) is 38.4. The van der Waals surface area contributed by atoms with Gasteiger partial charge in [0.05, 0.1) is 0 Å². The first kappa shape index (κ1) is 38.1. The van der Waals surface area contributed by atoms with Crippen LogP contribution < -0.4 is 19.1 Å². The minimum Gasteiger partial charge on any atom is 0 e. The van der Waals surface area contributed by atoms with Gasteiger partial charge in [-0.1, -0.05) is 20.8 Å². The Hall–Kier alpha value is -4.89. The van der Waals surface area contributed by atoms with Crippen LogP contribution in [0.15, 0.2) is 115 Å². The summed E-state index contributed by atoms with van der Waals surface area (Å²) < 4.78 is 41.5. The summed E-state index contributed by atoms with van der Waals surface area (Å²) >= 11 is -3.25. The van der Waals surface area contributed by atoms with E-state index in [1.54, 1.807) is 0 Å². The monoisotopic (exact) mass is 1160 g/mol. The van der Waals surface area contributed by atoms with E-state index in [0.717, 1.165) is 27.6 Å². The van der Waals surface area contributed by atoms with Gasteiger partial charge >= 0.3 is 342 Å². The van der Waals surface area contributed by atoms with Crippen molar-refractivity contribution >= 4 is 64.4 Å². The van der Waals surface area contributed by atoms with Crippen LogP contribution in [0.5, 0.6) is 11.5 Å². The average Bonchev–Trinajstić information content (AvgIpc) is 3.76. The Balaban J connectivity index is 0.00000544. The van der Waals surface area contributed by atoms with Crippen LogP contribution in [0.2, 0.25) is 0 Å². The van der Waals surface area contributed by atoms with Crippen LogP contribution in [0, 0.1) is 60.0 Å².